The molecule has 0 fully saturated rings. The predicted molar refractivity (Wildman–Crippen MR) is 91.7 cm³/mol. The monoisotopic (exact) mass is 359 g/mol. The highest BCUT2D eigenvalue weighted by Crippen LogP contribution is 2.31. The number of benzene rings is 1. The summed E-state index contributed by atoms with van der Waals surface area (Å²) in [6, 6.07) is 7.10. The number of hydrogen-bond donors (Lipinski definition) is 1. The number of amides is 1. The Morgan fingerprint density at radius 1 is 1.43 bits per heavy atom. The molecule has 0 unspecified atom stereocenters. The lowest BCUT2D eigenvalue weighted by Gasteiger charge is -2.10. The summed E-state index contributed by atoms with van der Waals surface area (Å²) in [7, 11) is 0. The van der Waals surface area contributed by atoms with Crippen molar-refractivity contribution in [3.8, 4) is 0 Å². The van der Waals surface area contributed by atoms with Gasteiger partial charge in [-0.1, -0.05) is 59.5 Å². The summed E-state index contributed by atoms with van der Waals surface area (Å²) in [6.45, 7) is 3.92. The van der Waals surface area contributed by atoms with E-state index in [2.05, 4.69) is 22.4 Å². The van der Waals surface area contributed by atoms with Gasteiger partial charge in [-0.25, -0.2) is 0 Å². The Morgan fingerprint density at radius 2 is 2.19 bits per heavy atom. The normalized spacial score (nSPS) is 12.1. The molecule has 0 radical (unpaired) electrons. The van der Waals surface area contributed by atoms with Gasteiger partial charge in [-0.15, -0.1) is 10.2 Å². The molecule has 0 aliphatic carbocycles. The fraction of sp³-hybridized carbons (Fsp3) is 0.308. The van der Waals surface area contributed by atoms with Crippen LogP contribution in [0.15, 0.2) is 32.9 Å². The number of halogens is 1. The highest BCUT2D eigenvalue weighted by atomic mass is 35.5. The topological polar surface area (TPSA) is 54.9 Å². The first-order valence-corrected chi connectivity index (χ1v) is 9.34. The van der Waals surface area contributed by atoms with Gasteiger partial charge in [-0.3, -0.25) is 4.79 Å². The molecule has 4 nitrogen and oxygen atoms in total. The number of carbonyl (C=O) groups is 1. The van der Waals surface area contributed by atoms with Gasteiger partial charge in [-0.2, -0.15) is 0 Å². The SMILES string of the molecule is CCSc1nnc(S[C@H](C)C(=O)Nc2cccc(Cl)c2)s1. The van der Waals surface area contributed by atoms with Crippen molar-refractivity contribution in [1.82, 2.24) is 10.2 Å². The van der Waals surface area contributed by atoms with Crippen molar-refractivity contribution in [3.63, 3.8) is 0 Å². The number of nitrogens with zero attached hydrogens (tertiary/aromatic N) is 2. The number of rotatable bonds is 6. The molecule has 0 aliphatic rings. The minimum Gasteiger partial charge on any atom is -0.325 e. The fourth-order valence-corrected chi connectivity index (χ4v) is 4.69. The van der Waals surface area contributed by atoms with Crippen molar-refractivity contribution in [2.24, 2.45) is 0 Å². The van der Waals surface area contributed by atoms with Crippen molar-refractivity contribution in [3.05, 3.63) is 29.3 Å². The first-order valence-electron chi connectivity index (χ1n) is 6.28. The second-order valence-electron chi connectivity index (χ2n) is 4.03. The molecule has 1 heterocycles. The van der Waals surface area contributed by atoms with E-state index in [0.29, 0.717) is 10.7 Å². The van der Waals surface area contributed by atoms with Crippen LogP contribution in [0, 0.1) is 0 Å². The Bertz CT molecular complexity index is 620. The molecule has 2 rings (SSSR count). The van der Waals surface area contributed by atoms with Crippen LogP contribution in [0.5, 0.6) is 0 Å². The van der Waals surface area contributed by atoms with Gasteiger partial charge in [0.05, 0.1) is 5.25 Å². The molecule has 1 N–H and O–H groups in total. The zero-order chi connectivity index (χ0) is 15.2. The third kappa shape index (κ3) is 5.18. The Morgan fingerprint density at radius 3 is 2.90 bits per heavy atom. The van der Waals surface area contributed by atoms with Crippen LogP contribution >= 0.6 is 46.5 Å². The lowest BCUT2D eigenvalue weighted by molar-refractivity contribution is -0.115. The minimum atomic E-state index is -0.253. The predicted octanol–water partition coefficient (Wildman–Crippen LogP) is 4.42. The number of hydrogen-bond acceptors (Lipinski definition) is 6. The Hall–Kier alpha value is -0.760. The van der Waals surface area contributed by atoms with Crippen LogP contribution in [-0.2, 0) is 4.79 Å². The van der Waals surface area contributed by atoms with E-state index in [1.807, 2.05) is 13.0 Å². The Kier molecular flexibility index (Phi) is 6.35. The number of thioether (sulfide) groups is 2. The van der Waals surface area contributed by atoms with Crippen LogP contribution in [0.25, 0.3) is 0 Å². The molecule has 1 aromatic heterocycles. The van der Waals surface area contributed by atoms with Gasteiger partial charge < -0.3 is 5.32 Å². The number of aromatic nitrogens is 2. The molecule has 8 heteroatoms. The first-order chi connectivity index (χ1) is 10.1. The summed E-state index contributed by atoms with van der Waals surface area (Å²) in [4.78, 5) is 12.1. The van der Waals surface area contributed by atoms with E-state index < -0.39 is 0 Å². The molecule has 112 valence electrons. The van der Waals surface area contributed by atoms with Crippen molar-refractivity contribution in [1.29, 1.82) is 0 Å². The van der Waals surface area contributed by atoms with Gasteiger partial charge >= 0.3 is 0 Å². The Labute approximate surface area is 141 Å². The summed E-state index contributed by atoms with van der Waals surface area (Å²) >= 11 is 10.5. The van der Waals surface area contributed by atoms with Gasteiger partial charge in [0.2, 0.25) is 5.91 Å². The average molecular weight is 360 g/mol. The van der Waals surface area contributed by atoms with Gasteiger partial charge in [0.15, 0.2) is 8.68 Å². The molecule has 0 bridgehead atoms. The third-order valence-corrected chi connectivity index (χ3v) is 5.75. The molecular weight excluding hydrogens is 346 g/mol. The fourth-order valence-electron chi connectivity index (χ4n) is 1.44. The van der Waals surface area contributed by atoms with E-state index in [9.17, 15) is 4.79 Å². The molecule has 2 aromatic rings. The standard InChI is InChI=1S/C13H14ClN3OS3/c1-3-19-12-16-17-13(21-12)20-8(2)11(18)15-10-6-4-5-9(14)7-10/h4-8H,3H2,1-2H3,(H,15,18)/t8-/m1/s1. The molecule has 0 saturated carbocycles. The highest BCUT2D eigenvalue weighted by molar-refractivity contribution is 8.03. The maximum atomic E-state index is 12.1. The van der Waals surface area contributed by atoms with Gasteiger partial charge in [0, 0.05) is 10.7 Å². The van der Waals surface area contributed by atoms with E-state index in [1.54, 1.807) is 30.0 Å². The second kappa shape index (κ2) is 8.03. The number of anilines is 1. The summed E-state index contributed by atoms with van der Waals surface area (Å²) in [6.07, 6.45) is 0. The van der Waals surface area contributed by atoms with Crippen LogP contribution < -0.4 is 5.32 Å². The van der Waals surface area contributed by atoms with Gasteiger partial charge in [0.1, 0.15) is 0 Å². The Balaban J connectivity index is 1.92. The van der Waals surface area contributed by atoms with Crippen molar-refractivity contribution < 1.29 is 4.79 Å². The summed E-state index contributed by atoms with van der Waals surface area (Å²) in [5.41, 5.74) is 0.694. The van der Waals surface area contributed by atoms with Crippen LogP contribution in [0.3, 0.4) is 0 Å². The maximum Gasteiger partial charge on any atom is 0.237 e. The van der Waals surface area contributed by atoms with E-state index >= 15 is 0 Å². The molecular formula is C13H14ClN3OS3. The first kappa shape index (κ1) is 16.6. The summed E-state index contributed by atoms with van der Waals surface area (Å²) in [5.74, 6) is 0.881. The molecule has 0 saturated heterocycles. The lowest BCUT2D eigenvalue weighted by atomic mass is 10.3. The van der Waals surface area contributed by atoms with Crippen LogP contribution in [0.4, 0.5) is 5.69 Å². The van der Waals surface area contributed by atoms with Gasteiger partial charge in [-0.05, 0) is 30.9 Å². The quantitative estimate of drug-likeness (QED) is 0.773. The molecule has 0 spiro atoms. The van der Waals surface area contributed by atoms with Crippen molar-refractivity contribution in [2.45, 2.75) is 27.8 Å². The van der Waals surface area contributed by atoms with Crippen LogP contribution in [-0.4, -0.2) is 27.1 Å². The van der Waals surface area contributed by atoms with Gasteiger partial charge in [0.25, 0.3) is 0 Å². The van der Waals surface area contributed by atoms with E-state index in [1.165, 1.54) is 23.1 Å². The number of nitrogens with one attached hydrogen (secondary N) is 1. The molecule has 21 heavy (non-hydrogen) atoms. The zero-order valence-corrected chi connectivity index (χ0v) is 14.7. The van der Waals surface area contributed by atoms with E-state index in [0.717, 1.165) is 14.4 Å². The maximum absolute atomic E-state index is 12.1. The zero-order valence-electron chi connectivity index (χ0n) is 11.5. The van der Waals surface area contributed by atoms with Crippen LogP contribution in [0.1, 0.15) is 13.8 Å². The molecule has 1 atom stereocenters. The second-order valence-corrected chi connectivity index (χ2v) is 8.54. The highest BCUT2D eigenvalue weighted by Gasteiger charge is 2.17. The van der Waals surface area contributed by atoms with Crippen LogP contribution in [0.2, 0.25) is 5.02 Å². The number of carbonyl (C=O) groups excluding carboxylic acids is 1. The third-order valence-electron chi connectivity index (χ3n) is 2.39. The van der Waals surface area contributed by atoms with Crippen molar-refractivity contribution in [2.75, 3.05) is 11.1 Å². The minimum absolute atomic E-state index is 0.0813. The molecule has 1 amide bonds. The molecule has 0 aliphatic heterocycles. The lowest BCUT2D eigenvalue weighted by Crippen LogP contribution is -2.22. The smallest absolute Gasteiger partial charge is 0.237 e. The van der Waals surface area contributed by atoms with E-state index in [4.69, 9.17) is 11.6 Å². The van der Waals surface area contributed by atoms with E-state index in [-0.39, 0.29) is 11.2 Å². The average Bonchev–Trinajstić information content (AvgIpc) is 2.86. The largest absolute Gasteiger partial charge is 0.325 e. The van der Waals surface area contributed by atoms with Crippen molar-refractivity contribution >= 4 is 58.1 Å². The molecule has 1 aromatic carbocycles. The summed E-state index contributed by atoms with van der Waals surface area (Å²) in [5, 5.41) is 11.3. The summed E-state index contributed by atoms with van der Waals surface area (Å²) < 4.78 is 1.74.